The number of carbonyl (C=O) groups is 1. The minimum atomic E-state index is -0.232. The fourth-order valence-electron chi connectivity index (χ4n) is 2.65. The van der Waals surface area contributed by atoms with Crippen molar-refractivity contribution in [2.24, 2.45) is 0 Å². The van der Waals surface area contributed by atoms with E-state index >= 15 is 0 Å². The van der Waals surface area contributed by atoms with Crippen molar-refractivity contribution in [3.63, 3.8) is 0 Å². The second kappa shape index (κ2) is 9.18. The molecular formula is C17H22FN5OS2. The van der Waals surface area contributed by atoms with Gasteiger partial charge in [0.1, 0.15) is 5.82 Å². The number of carbonyl (C=O) groups excluding carboxylic acids is 1. The summed E-state index contributed by atoms with van der Waals surface area (Å²) >= 11 is 2.91. The Bertz CT molecular complexity index is 716. The Hall–Kier alpha value is -1.87. The van der Waals surface area contributed by atoms with Gasteiger partial charge >= 0.3 is 0 Å². The van der Waals surface area contributed by atoms with Gasteiger partial charge < -0.3 is 15.1 Å². The lowest BCUT2D eigenvalue weighted by atomic mass is 10.2. The summed E-state index contributed by atoms with van der Waals surface area (Å²) in [5, 5.41) is 12.2. The summed E-state index contributed by atoms with van der Waals surface area (Å²) in [6.07, 6.45) is 1.03. The second-order valence-corrected chi connectivity index (χ2v) is 8.13. The van der Waals surface area contributed by atoms with Crippen LogP contribution in [0.15, 0.2) is 28.6 Å². The molecule has 1 fully saturated rings. The molecule has 1 aliphatic rings. The molecule has 3 rings (SSSR count). The molecule has 0 spiro atoms. The highest BCUT2D eigenvalue weighted by atomic mass is 32.2. The molecule has 1 aromatic carbocycles. The highest BCUT2D eigenvalue weighted by Gasteiger charge is 2.21. The predicted molar refractivity (Wildman–Crippen MR) is 105 cm³/mol. The Morgan fingerprint density at radius 3 is 2.65 bits per heavy atom. The standard InChI is InChI=1S/C17H22FN5OS2/c1-2-7-19-16-20-21-17(26-16)25-12-15(24)23-10-8-22(9-11-23)14-5-3-13(18)4-6-14/h3-6H,2,7-12H2,1H3,(H,19,20). The van der Waals surface area contributed by atoms with E-state index in [-0.39, 0.29) is 11.7 Å². The average Bonchev–Trinajstić information content (AvgIpc) is 3.13. The molecule has 2 aromatic rings. The molecule has 0 unspecified atom stereocenters. The van der Waals surface area contributed by atoms with Gasteiger partial charge in [-0.15, -0.1) is 10.2 Å². The summed E-state index contributed by atoms with van der Waals surface area (Å²) in [5.74, 6) is 0.259. The minimum absolute atomic E-state index is 0.118. The van der Waals surface area contributed by atoms with Crippen LogP contribution in [-0.4, -0.2) is 59.5 Å². The van der Waals surface area contributed by atoms with E-state index in [1.807, 2.05) is 4.90 Å². The zero-order valence-electron chi connectivity index (χ0n) is 14.7. The number of benzene rings is 1. The number of nitrogens with zero attached hydrogens (tertiary/aromatic N) is 4. The maximum atomic E-state index is 13.0. The fraction of sp³-hybridized carbons (Fsp3) is 0.471. The van der Waals surface area contributed by atoms with Crippen LogP contribution >= 0.6 is 23.1 Å². The quantitative estimate of drug-likeness (QED) is 0.728. The number of aromatic nitrogens is 2. The second-order valence-electron chi connectivity index (χ2n) is 5.93. The predicted octanol–water partition coefficient (Wildman–Crippen LogP) is 2.94. The van der Waals surface area contributed by atoms with E-state index in [0.717, 1.165) is 41.2 Å². The van der Waals surface area contributed by atoms with E-state index in [4.69, 9.17) is 0 Å². The lowest BCUT2D eigenvalue weighted by Gasteiger charge is -2.36. The van der Waals surface area contributed by atoms with Crippen molar-refractivity contribution in [1.29, 1.82) is 0 Å². The number of anilines is 2. The maximum Gasteiger partial charge on any atom is 0.233 e. The van der Waals surface area contributed by atoms with E-state index in [2.05, 4.69) is 27.3 Å². The molecule has 2 heterocycles. The third-order valence-corrected chi connectivity index (χ3v) is 6.08. The van der Waals surface area contributed by atoms with Gasteiger partial charge in [0.25, 0.3) is 0 Å². The average molecular weight is 396 g/mol. The Morgan fingerprint density at radius 1 is 1.23 bits per heavy atom. The van der Waals surface area contributed by atoms with E-state index in [9.17, 15) is 9.18 Å². The molecule has 0 aliphatic carbocycles. The van der Waals surface area contributed by atoms with Crippen molar-refractivity contribution in [2.45, 2.75) is 17.7 Å². The van der Waals surface area contributed by atoms with Gasteiger partial charge in [-0.05, 0) is 30.7 Å². The molecular weight excluding hydrogens is 373 g/mol. The number of hydrogen-bond donors (Lipinski definition) is 1. The molecule has 6 nitrogen and oxygen atoms in total. The molecule has 1 aliphatic heterocycles. The van der Waals surface area contributed by atoms with Gasteiger partial charge in [-0.25, -0.2) is 4.39 Å². The fourth-order valence-corrected chi connectivity index (χ4v) is 4.33. The minimum Gasteiger partial charge on any atom is -0.368 e. The molecule has 140 valence electrons. The van der Waals surface area contributed by atoms with Gasteiger partial charge in [0.05, 0.1) is 5.75 Å². The van der Waals surface area contributed by atoms with Gasteiger partial charge in [0, 0.05) is 38.4 Å². The number of thioether (sulfide) groups is 1. The molecule has 26 heavy (non-hydrogen) atoms. The summed E-state index contributed by atoms with van der Waals surface area (Å²) in [7, 11) is 0. The third kappa shape index (κ3) is 5.07. The van der Waals surface area contributed by atoms with Crippen LogP contribution in [0.25, 0.3) is 0 Å². The first kappa shape index (κ1) is 18.9. The zero-order valence-corrected chi connectivity index (χ0v) is 16.3. The number of rotatable bonds is 7. The molecule has 1 saturated heterocycles. The monoisotopic (exact) mass is 395 g/mol. The first-order chi connectivity index (χ1) is 12.7. The molecule has 1 amide bonds. The Kier molecular flexibility index (Phi) is 6.67. The van der Waals surface area contributed by atoms with Crippen molar-refractivity contribution in [1.82, 2.24) is 15.1 Å². The topological polar surface area (TPSA) is 61.4 Å². The van der Waals surface area contributed by atoms with Crippen molar-refractivity contribution in [3.8, 4) is 0 Å². The molecule has 0 radical (unpaired) electrons. The highest BCUT2D eigenvalue weighted by Crippen LogP contribution is 2.26. The lowest BCUT2D eigenvalue weighted by Crippen LogP contribution is -2.49. The van der Waals surface area contributed by atoms with Crippen LogP contribution < -0.4 is 10.2 Å². The number of amides is 1. The molecule has 1 N–H and O–H groups in total. The number of nitrogens with one attached hydrogen (secondary N) is 1. The summed E-state index contributed by atoms with van der Waals surface area (Å²) in [5.41, 5.74) is 0.994. The van der Waals surface area contributed by atoms with E-state index < -0.39 is 0 Å². The van der Waals surface area contributed by atoms with Crippen LogP contribution in [-0.2, 0) is 4.79 Å². The largest absolute Gasteiger partial charge is 0.368 e. The van der Waals surface area contributed by atoms with Crippen LogP contribution in [0.2, 0.25) is 0 Å². The van der Waals surface area contributed by atoms with Crippen LogP contribution in [0.3, 0.4) is 0 Å². The maximum absolute atomic E-state index is 13.0. The van der Waals surface area contributed by atoms with E-state index in [0.29, 0.717) is 18.8 Å². The summed E-state index contributed by atoms with van der Waals surface area (Å²) in [4.78, 5) is 16.5. The van der Waals surface area contributed by atoms with E-state index in [1.165, 1.54) is 35.2 Å². The summed E-state index contributed by atoms with van der Waals surface area (Å²) in [6, 6.07) is 6.49. The normalized spacial score (nSPS) is 14.5. The number of piperazine rings is 1. The van der Waals surface area contributed by atoms with Crippen LogP contribution in [0.4, 0.5) is 15.2 Å². The molecule has 0 saturated carbocycles. The molecule has 1 aromatic heterocycles. The molecule has 9 heteroatoms. The first-order valence-electron chi connectivity index (χ1n) is 8.64. The summed E-state index contributed by atoms with van der Waals surface area (Å²) in [6.45, 7) is 5.83. The van der Waals surface area contributed by atoms with Crippen LogP contribution in [0.5, 0.6) is 0 Å². The van der Waals surface area contributed by atoms with Crippen molar-refractivity contribution in [2.75, 3.05) is 48.7 Å². The van der Waals surface area contributed by atoms with Crippen molar-refractivity contribution < 1.29 is 9.18 Å². The Balaban J connectivity index is 1.43. The van der Waals surface area contributed by atoms with Crippen molar-refractivity contribution >= 4 is 39.8 Å². The first-order valence-corrected chi connectivity index (χ1v) is 10.4. The Labute approximate surface area is 160 Å². The van der Waals surface area contributed by atoms with Gasteiger partial charge in [-0.1, -0.05) is 30.0 Å². The van der Waals surface area contributed by atoms with Crippen molar-refractivity contribution in [3.05, 3.63) is 30.1 Å². The highest BCUT2D eigenvalue weighted by molar-refractivity contribution is 8.01. The number of hydrogen-bond acceptors (Lipinski definition) is 7. The lowest BCUT2D eigenvalue weighted by molar-refractivity contribution is -0.128. The molecule has 0 atom stereocenters. The van der Waals surface area contributed by atoms with Crippen LogP contribution in [0, 0.1) is 5.82 Å². The van der Waals surface area contributed by atoms with Crippen LogP contribution in [0.1, 0.15) is 13.3 Å². The van der Waals surface area contributed by atoms with Gasteiger partial charge in [-0.2, -0.15) is 0 Å². The summed E-state index contributed by atoms with van der Waals surface area (Å²) < 4.78 is 13.8. The van der Waals surface area contributed by atoms with E-state index in [1.54, 1.807) is 12.1 Å². The smallest absolute Gasteiger partial charge is 0.233 e. The van der Waals surface area contributed by atoms with Gasteiger partial charge in [-0.3, -0.25) is 4.79 Å². The van der Waals surface area contributed by atoms with Gasteiger partial charge in [0.2, 0.25) is 11.0 Å². The SMILES string of the molecule is CCCNc1nnc(SCC(=O)N2CCN(c3ccc(F)cc3)CC2)s1. The zero-order chi connectivity index (χ0) is 18.4. The van der Waals surface area contributed by atoms with Gasteiger partial charge in [0.15, 0.2) is 4.34 Å². The third-order valence-electron chi connectivity index (χ3n) is 4.08. The number of halogens is 1. The molecule has 0 bridgehead atoms. The Morgan fingerprint density at radius 2 is 1.96 bits per heavy atom.